The van der Waals surface area contributed by atoms with Crippen LogP contribution in [-0.2, 0) is 0 Å². The average Bonchev–Trinajstić information content (AvgIpc) is 3.09. The van der Waals surface area contributed by atoms with E-state index in [9.17, 15) is 19.5 Å². The number of carboxylic acids is 1. The van der Waals surface area contributed by atoms with Gasteiger partial charge in [0.25, 0.3) is 5.91 Å². The smallest absolute Gasteiger partial charge is 0.335 e. The number of amides is 2. The van der Waals surface area contributed by atoms with Crippen molar-refractivity contribution < 1.29 is 19.5 Å². The number of hydrogen-bond donors (Lipinski definition) is 4. The molecular weight excluding hydrogens is 418 g/mol. The van der Waals surface area contributed by atoms with Crippen LogP contribution in [0.3, 0.4) is 0 Å². The second kappa shape index (κ2) is 7.86. The maximum atomic E-state index is 12.9. The Kier molecular flexibility index (Phi) is 5.48. The standard InChI is InChI=1S/C18H14ClN5O4S/c1-7-4-9(19)6-12(16-23-24-18(21)29-16)13(7)22-15(26)11-5-8(17(27)28)2-3-10(11)14(20)25/h2-6H,1H3,(H2,20,25)(H2,21,24)(H,22,26)(H,27,28). The third-order valence-electron chi connectivity index (χ3n) is 3.99. The summed E-state index contributed by atoms with van der Waals surface area (Å²) in [4.78, 5) is 35.9. The van der Waals surface area contributed by atoms with Crippen LogP contribution in [0.2, 0.25) is 5.02 Å². The SMILES string of the molecule is Cc1cc(Cl)cc(-c2nnc(N)s2)c1NC(=O)c1cc(C(=O)O)ccc1C(N)=O. The van der Waals surface area contributed by atoms with E-state index in [4.69, 9.17) is 23.1 Å². The van der Waals surface area contributed by atoms with Crippen molar-refractivity contribution in [1.82, 2.24) is 10.2 Å². The minimum atomic E-state index is -1.25. The molecule has 2 amide bonds. The second-order valence-corrected chi connectivity index (χ2v) is 7.42. The van der Waals surface area contributed by atoms with Crippen LogP contribution >= 0.6 is 22.9 Å². The molecule has 9 nitrogen and oxygen atoms in total. The number of nitrogens with zero attached hydrogens (tertiary/aromatic N) is 2. The minimum Gasteiger partial charge on any atom is -0.478 e. The van der Waals surface area contributed by atoms with Gasteiger partial charge in [0, 0.05) is 10.6 Å². The van der Waals surface area contributed by atoms with E-state index in [1.54, 1.807) is 19.1 Å². The van der Waals surface area contributed by atoms with Crippen LogP contribution < -0.4 is 16.8 Å². The van der Waals surface area contributed by atoms with Gasteiger partial charge in [0.15, 0.2) is 5.01 Å². The highest BCUT2D eigenvalue weighted by atomic mass is 35.5. The van der Waals surface area contributed by atoms with Gasteiger partial charge in [0.2, 0.25) is 11.0 Å². The molecule has 1 heterocycles. The predicted molar refractivity (Wildman–Crippen MR) is 109 cm³/mol. The molecule has 0 aliphatic heterocycles. The molecule has 0 unspecified atom stereocenters. The molecule has 2 aromatic carbocycles. The first-order valence-electron chi connectivity index (χ1n) is 8.05. The monoisotopic (exact) mass is 431 g/mol. The van der Waals surface area contributed by atoms with Gasteiger partial charge in [-0.05, 0) is 42.8 Å². The molecule has 0 saturated heterocycles. The van der Waals surface area contributed by atoms with Gasteiger partial charge in [-0.15, -0.1) is 10.2 Å². The van der Waals surface area contributed by atoms with Crippen molar-refractivity contribution in [1.29, 1.82) is 0 Å². The van der Waals surface area contributed by atoms with Gasteiger partial charge >= 0.3 is 5.97 Å². The molecule has 0 aliphatic rings. The summed E-state index contributed by atoms with van der Waals surface area (Å²) < 4.78 is 0. The van der Waals surface area contributed by atoms with Crippen LogP contribution in [0.4, 0.5) is 10.8 Å². The Morgan fingerprint density at radius 3 is 2.45 bits per heavy atom. The summed E-state index contributed by atoms with van der Waals surface area (Å²) in [6.45, 7) is 1.72. The van der Waals surface area contributed by atoms with Crippen molar-refractivity contribution >= 4 is 51.5 Å². The molecule has 11 heteroatoms. The Labute approximate surface area is 173 Å². The fourth-order valence-corrected chi connectivity index (χ4v) is 3.59. The first-order chi connectivity index (χ1) is 13.7. The van der Waals surface area contributed by atoms with Gasteiger partial charge < -0.3 is 21.9 Å². The van der Waals surface area contributed by atoms with E-state index in [-0.39, 0.29) is 21.8 Å². The highest BCUT2D eigenvalue weighted by Gasteiger charge is 2.21. The number of nitrogen functional groups attached to an aromatic ring is 1. The van der Waals surface area contributed by atoms with E-state index < -0.39 is 17.8 Å². The molecule has 148 valence electrons. The molecule has 0 saturated carbocycles. The quantitative estimate of drug-likeness (QED) is 0.482. The molecule has 0 radical (unpaired) electrons. The van der Waals surface area contributed by atoms with Crippen molar-refractivity contribution in [3.05, 3.63) is 57.6 Å². The molecule has 3 rings (SSSR count). The Hall–Kier alpha value is -3.50. The average molecular weight is 432 g/mol. The fraction of sp³-hybridized carbons (Fsp3) is 0.0556. The first-order valence-corrected chi connectivity index (χ1v) is 9.24. The molecule has 29 heavy (non-hydrogen) atoms. The lowest BCUT2D eigenvalue weighted by Gasteiger charge is -2.14. The summed E-state index contributed by atoms with van der Waals surface area (Å²) in [7, 11) is 0. The number of nitrogens with one attached hydrogen (secondary N) is 1. The summed E-state index contributed by atoms with van der Waals surface area (Å²) >= 11 is 7.24. The van der Waals surface area contributed by atoms with Crippen LogP contribution in [0.15, 0.2) is 30.3 Å². The van der Waals surface area contributed by atoms with E-state index in [2.05, 4.69) is 15.5 Å². The maximum Gasteiger partial charge on any atom is 0.335 e. The minimum absolute atomic E-state index is 0.110. The lowest BCUT2D eigenvalue weighted by atomic mass is 10.0. The van der Waals surface area contributed by atoms with Crippen LogP contribution in [0.5, 0.6) is 0 Å². The number of nitrogens with two attached hydrogens (primary N) is 2. The van der Waals surface area contributed by atoms with E-state index in [0.717, 1.165) is 17.4 Å². The van der Waals surface area contributed by atoms with Crippen LogP contribution in [0.1, 0.15) is 36.6 Å². The first kappa shape index (κ1) is 20.2. The number of aromatic carboxylic acids is 1. The van der Waals surface area contributed by atoms with Crippen LogP contribution in [-0.4, -0.2) is 33.1 Å². The number of carbonyl (C=O) groups excluding carboxylic acids is 2. The van der Waals surface area contributed by atoms with E-state index in [1.165, 1.54) is 12.1 Å². The fourth-order valence-electron chi connectivity index (χ4n) is 2.68. The van der Waals surface area contributed by atoms with E-state index in [0.29, 0.717) is 26.8 Å². The number of aryl methyl sites for hydroxylation is 1. The zero-order chi connectivity index (χ0) is 21.3. The van der Waals surface area contributed by atoms with Crippen molar-refractivity contribution in [2.75, 3.05) is 11.1 Å². The number of carbonyl (C=O) groups is 3. The highest BCUT2D eigenvalue weighted by molar-refractivity contribution is 7.18. The molecule has 0 aliphatic carbocycles. The molecule has 0 atom stereocenters. The zero-order valence-electron chi connectivity index (χ0n) is 14.9. The predicted octanol–water partition coefficient (Wildman–Crippen LogP) is 2.80. The number of aromatic nitrogens is 2. The van der Waals surface area contributed by atoms with Gasteiger partial charge in [-0.3, -0.25) is 9.59 Å². The third-order valence-corrected chi connectivity index (χ3v) is 4.99. The number of hydrogen-bond acceptors (Lipinski definition) is 7. The number of carboxylic acid groups (broad SMARTS) is 1. The number of rotatable bonds is 5. The normalized spacial score (nSPS) is 10.6. The maximum absolute atomic E-state index is 12.9. The largest absolute Gasteiger partial charge is 0.478 e. The van der Waals surface area contributed by atoms with Gasteiger partial charge in [-0.2, -0.15) is 0 Å². The van der Waals surface area contributed by atoms with E-state index in [1.807, 2.05) is 0 Å². The Bertz CT molecular complexity index is 1160. The van der Waals surface area contributed by atoms with Crippen molar-refractivity contribution in [3.63, 3.8) is 0 Å². The van der Waals surface area contributed by atoms with Crippen LogP contribution in [0, 0.1) is 6.92 Å². The van der Waals surface area contributed by atoms with Gasteiger partial charge in [-0.1, -0.05) is 22.9 Å². The Balaban J connectivity index is 2.09. The Morgan fingerprint density at radius 1 is 1.14 bits per heavy atom. The third kappa shape index (κ3) is 4.18. The molecule has 0 spiro atoms. The van der Waals surface area contributed by atoms with Gasteiger partial charge in [0.1, 0.15) is 0 Å². The summed E-state index contributed by atoms with van der Waals surface area (Å²) in [5, 5.41) is 20.7. The summed E-state index contributed by atoms with van der Waals surface area (Å²) in [6.07, 6.45) is 0. The summed E-state index contributed by atoms with van der Waals surface area (Å²) in [5.41, 5.74) is 12.0. The van der Waals surface area contributed by atoms with Crippen molar-refractivity contribution in [2.45, 2.75) is 6.92 Å². The molecular formula is C18H14ClN5O4S. The van der Waals surface area contributed by atoms with E-state index >= 15 is 0 Å². The second-order valence-electron chi connectivity index (χ2n) is 5.97. The van der Waals surface area contributed by atoms with Crippen molar-refractivity contribution in [2.24, 2.45) is 5.73 Å². The molecule has 6 N–H and O–H groups in total. The molecule has 3 aromatic rings. The van der Waals surface area contributed by atoms with Crippen molar-refractivity contribution in [3.8, 4) is 10.6 Å². The zero-order valence-corrected chi connectivity index (χ0v) is 16.5. The molecule has 0 bridgehead atoms. The number of anilines is 2. The lowest BCUT2D eigenvalue weighted by Crippen LogP contribution is -2.21. The van der Waals surface area contributed by atoms with Gasteiger partial charge in [0.05, 0.1) is 22.4 Å². The van der Waals surface area contributed by atoms with Gasteiger partial charge in [-0.25, -0.2) is 4.79 Å². The molecule has 0 fully saturated rings. The number of halogens is 1. The summed E-state index contributed by atoms with van der Waals surface area (Å²) in [5.74, 6) is -2.83. The highest BCUT2D eigenvalue weighted by Crippen LogP contribution is 2.36. The number of primary amides is 1. The number of benzene rings is 2. The topological polar surface area (TPSA) is 161 Å². The lowest BCUT2D eigenvalue weighted by molar-refractivity contribution is 0.0696. The van der Waals surface area contributed by atoms with Crippen LogP contribution in [0.25, 0.3) is 10.6 Å². The molecule has 1 aromatic heterocycles. The Morgan fingerprint density at radius 2 is 1.86 bits per heavy atom. The summed E-state index contributed by atoms with van der Waals surface area (Å²) in [6, 6.07) is 6.70.